The van der Waals surface area contributed by atoms with Gasteiger partial charge in [0, 0.05) is 17.2 Å². The second kappa shape index (κ2) is 7.10. The number of rotatable bonds is 4. The molecule has 0 atom stereocenters. The summed E-state index contributed by atoms with van der Waals surface area (Å²) in [6.45, 7) is 1.49. The molecule has 0 spiro atoms. The molecule has 0 bridgehead atoms. The van der Waals surface area contributed by atoms with E-state index in [1.807, 2.05) is 0 Å². The van der Waals surface area contributed by atoms with Gasteiger partial charge in [0.1, 0.15) is 12.7 Å². The number of nitro groups is 1. The molecule has 0 saturated carbocycles. The maximum Gasteiger partial charge on any atom is 0.418 e. The predicted octanol–water partition coefficient (Wildman–Crippen LogP) is 3.76. The van der Waals surface area contributed by atoms with Gasteiger partial charge in [-0.05, 0) is 31.2 Å². The summed E-state index contributed by atoms with van der Waals surface area (Å²) in [5.41, 5.74) is -1.57. The van der Waals surface area contributed by atoms with Gasteiger partial charge in [-0.25, -0.2) is 9.67 Å². The third kappa shape index (κ3) is 3.82. The fourth-order valence-corrected chi connectivity index (χ4v) is 2.50. The molecular formula is C17H12F3N5O3. The summed E-state index contributed by atoms with van der Waals surface area (Å²) in [6.07, 6.45) is -2.34. The standard InChI is InChI=1S/C17H12F3N5O3/c1-10-2-3-11(6-15(10)25(27)28)16(26)23-14-5-4-12(24-9-21-8-22-24)7-13(14)17(18,19)20/h2-9H,1H3,(H,23,26). The van der Waals surface area contributed by atoms with E-state index in [1.54, 1.807) is 0 Å². The quantitative estimate of drug-likeness (QED) is 0.539. The van der Waals surface area contributed by atoms with Crippen LogP contribution in [0.4, 0.5) is 24.5 Å². The molecule has 1 aromatic heterocycles. The molecular weight excluding hydrogens is 379 g/mol. The van der Waals surface area contributed by atoms with E-state index in [0.717, 1.165) is 22.9 Å². The monoisotopic (exact) mass is 391 g/mol. The summed E-state index contributed by atoms with van der Waals surface area (Å²) in [7, 11) is 0. The van der Waals surface area contributed by atoms with Gasteiger partial charge in [-0.3, -0.25) is 14.9 Å². The number of nitro benzene ring substituents is 1. The molecule has 0 aliphatic carbocycles. The van der Waals surface area contributed by atoms with E-state index in [4.69, 9.17) is 0 Å². The van der Waals surface area contributed by atoms with Crippen LogP contribution in [0.1, 0.15) is 21.5 Å². The number of benzene rings is 2. The molecule has 144 valence electrons. The number of amides is 1. The molecule has 0 radical (unpaired) electrons. The van der Waals surface area contributed by atoms with Crippen LogP contribution in [0.15, 0.2) is 49.1 Å². The topological polar surface area (TPSA) is 103 Å². The number of aromatic nitrogens is 3. The van der Waals surface area contributed by atoms with Crippen molar-refractivity contribution in [2.45, 2.75) is 13.1 Å². The molecule has 3 aromatic rings. The second-order valence-electron chi connectivity index (χ2n) is 5.78. The number of nitrogens with zero attached hydrogens (tertiary/aromatic N) is 4. The zero-order chi connectivity index (χ0) is 20.5. The lowest BCUT2D eigenvalue weighted by Crippen LogP contribution is -2.17. The van der Waals surface area contributed by atoms with Gasteiger partial charge in [0.25, 0.3) is 11.6 Å². The van der Waals surface area contributed by atoms with Crippen LogP contribution in [0, 0.1) is 17.0 Å². The molecule has 3 rings (SSSR count). The van der Waals surface area contributed by atoms with Crippen molar-refractivity contribution in [3.8, 4) is 5.69 Å². The van der Waals surface area contributed by atoms with E-state index in [-0.39, 0.29) is 16.9 Å². The van der Waals surface area contributed by atoms with Crippen molar-refractivity contribution < 1.29 is 22.9 Å². The molecule has 0 unspecified atom stereocenters. The Bertz CT molecular complexity index is 1050. The minimum absolute atomic E-state index is 0.105. The molecule has 1 N–H and O–H groups in total. The fourth-order valence-electron chi connectivity index (χ4n) is 2.50. The summed E-state index contributed by atoms with van der Waals surface area (Å²) >= 11 is 0. The van der Waals surface area contributed by atoms with Crippen molar-refractivity contribution in [2.24, 2.45) is 0 Å². The van der Waals surface area contributed by atoms with Gasteiger partial charge in [0.05, 0.1) is 21.9 Å². The second-order valence-corrected chi connectivity index (χ2v) is 5.78. The molecule has 0 aliphatic rings. The van der Waals surface area contributed by atoms with Crippen LogP contribution in [0.3, 0.4) is 0 Å². The van der Waals surface area contributed by atoms with Crippen molar-refractivity contribution in [1.29, 1.82) is 0 Å². The van der Waals surface area contributed by atoms with Crippen molar-refractivity contribution in [3.63, 3.8) is 0 Å². The van der Waals surface area contributed by atoms with Crippen LogP contribution >= 0.6 is 0 Å². The summed E-state index contributed by atoms with van der Waals surface area (Å²) < 4.78 is 41.5. The first-order valence-corrected chi connectivity index (χ1v) is 7.79. The predicted molar refractivity (Wildman–Crippen MR) is 92.1 cm³/mol. The van der Waals surface area contributed by atoms with Gasteiger partial charge in [-0.1, -0.05) is 6.07 Å². The molecule has 2 aromatic carbocycles. The number of carbonyl (C=O) groups excluding carboxylic acids is 1. The maximum atomic E-state index is 13.5. The van der Waals surface area contributed by atoms with Crippen molar-refractivity contribution in [2.75, 3.05) is 5.32 Å². The number of carbonyl (C=O) groups is 1. The summed E-state index contributed by atoms with van der Waals surface area (Å²) in [6, 6.07) is 6.90. The fraction of sp³-hybridized carbons (Fsp3) is 0.118. The molecule has 1 amide bonds. The summed E-state index contributed by atoms with van der Waals surface area (Å²) in [5.74, 6) is -0.901. The number of hydrogen-bond donors (Lipinski definition) is 1. The van der Waals surface area contributed by atoms with Crippen LogP contribution in [0.25, 0.3) is 5.69 Å². The smallest absolute Gasteiger partial charge is 0.321 e. The molecule has 11 heteroatoms. The minimum Gasteiger partial charge on any atom is -0.321 e. The van der Waals surface area contributed by atoms with E-state index < -0.39 is 28.3 Å². The summed E-state index contributed by atoms with van der Waals surface area (Å²) in [4.78, 5) is 26.4. The third-order valence-electron chi connectivity index (χ3n) is 3.91. The lowest BCUT2D eigenvalue weighted by molar-refractivity contribution is -0.385. The Morgan fingerprint density at radius 1 is 1.21 bits per heavy atom. The highest BCUT2D eigenvalue weighted by Gasteiger charge is 2.34. The molecule has 28 heavy (non-hydrogen) atoms. The first kappa shape index (κ1) is 19.0. The molecule has 0 saturated heterocycles. The third-order valence-corrected chi connectivity index (χ3v) is 3.91. The van der Waals surface area contributed by atoms with Gasteiger partial charge in [-0.15, -0.1) is 0 Å². The van der Waals surface area contributed by atoms with Gasteiger partial charge < -0.3 is 5.32 Å². The number of nitrogens with one attached hydrogen (secondary N) is 1. The average molecular weight is 391 g/mol. The van der Waals surface area contributed by atoms with Crippen LogP contribution in [0.5, 0.6) is 0 Å². The van der Waals surface area contributed by atoms with Crippen LogP contribution in [-0.4, -0.2) is 25.6 Å². The molecule has 8 nitrogen and oxygen atoms in total. The highest BCUT2D eigenvalue weighted by atomic mass is 19.4. The Hall–Kier alpha value is -3.76. The average Bonchev–Trinajstić information content (AvgIpc) is 3.15. The van der Waals surface area contributed by atoms with E-state index in [9.17, 15) is 28.1 Å². The van der Waals surface area contributed by atoms with E-state index >= 15 is 0 Å². The molecule has 0 aliphatic heterocycles. The van der Waals surface area contributed by atoms with Crippen molar-refractivity contribution in [1.82, 2.24) is 14.8 Å². The number of hydrogen-bond acceptors (Lipinski definition) is 5. The van der Waals surface area contributed by atoms with Gasteiger partial charge in [0.15, 0.2) is 0 Å². The van der Waals surface area contributed by atoms with Crippen LogP contribution < -0.4 is 5.32 Å². The Kier molecular flexibility index (Phi) is 4.82. The normalized spacial score (nSPS) is 11.3. The van der Waals surface area contributed by atoms with Gasteiger partial charge in [0.2, 0.25) is 0 Å². The van der Waals surface area contributed by atoms with Crippen LogP contribution in [0.2, 0.25) is 0 Å². The lowest BCUT2D eigenvalue weighted by atomic mass is 10.1. The highest BCUT2D eigenvalue weighted by molar-refractivity contribution is 6.05. The van der Waals surface area contributed by atoms with Crippen molar-refractivity contribution >= 4 is 17.3 Å². The Morgan fingerprint density at radius 3 is 2.57 bits per heavy atom. The van der Waals surface area contributed by atoms with Gasteiger partial charge >= 0.3 is 6.18 Å². The number of alkyl halides is 3. The number of halogens is 3. The van der Waals surface area contributed by atoms with E-state index in [0.29, 0.717) is 5.56 Å². The summed E-state index contributed by atoms with van der Waals surface area (Å²) in [5, 5.41) is 16.9. The largest absolute Gasteiger partial charge is 0.418 e. The molecule has 0 fully saturated rings. The Morgan fingerprint density at radius 2 is 1.96 bits per heavy atom. The zero-order valence-corrected chi connectivity index (χ0v) is 14.3. The lowest BCUT2D eigenvalue weighted by Gasteiger charge is -2.15. The molecule has 1 heterocycles. The van der Waals surface area contributed by atoms with E-state index in [1.165, 1.54) is 37.8 Å². The Balaban J connectivity index is 1.96. The van der Waals surface area contributed by atoms with E-state index in [2.05, 4.69) is 15.4 Å². The van der Waals surface area contributed by atoms with Gasteiger partial charge in [-0.2, -0.15) is 18.3 Å². The SMILES string of the molecule is Cc1ccc(C(=O)Nc2ccc(-n3cncn3)cc2C(F)(F)F)cc1[N+](=O)[O-]. The number of anilines is 1. The minimum atomic E-state index is -4.75. The zero-order valence-electron chi connectivity index (χ0n) is 14.3. The first-order valence-electron chi connectivity index (χ1n) is 7.79. The first-order chi connectivity index (χ1) is 13.2. The number of aryl methyl sites for hydroxylation is 1. The van der Waals surface area contributed by atoms with Crippen molar-refractivity contribution in [3.05, 3.63) is 75.9 Å². The highest BCUT2D eigenvalue weighted by Crippen LogP contribution is 2.36. The Labute approximate surface area is 155 Å². The van der Waals surface area contributed by atoms with Crippen LogP contribution in [-0.2, 0) is 6.18 Å². The maximum absolute atomic E-state index is 13.5.